The molecule has 0 bridgehead atoms. The van der Waals surface area contributed by atoms with Crippen LogP contribution in [0.4, 0.5) is 0 Å². The Morgan fingerprint density at radius 2 is 2.09 bits per heavy atom. The van der Waals surface area contributed by atoms with E-state index in [0.29, 0.717) is 12.1 Å². The standard InChI is InChI=1S/C19H28N4/c1-4-22(15-19-20-11-13-21(19)3)18-10-12-23(14-18)16(2)17-8-6-5-7-9-17/h5-9,11,13,16,18H,4,10,12,14-15H2,1-3H3. The highest BCUT2D eigenvalue weighted by Crippen LogP contribution is 2.27. The molecule has 4 heteroatoms. The molecule has 1 aliphatic heterocycles. The van der Waals surface area contributed by atoms with Gasteiger partial charge in [-0.3, -0.25) is 9.80 Å². The molecule has 0 aliphatic carbocycles. The first-order valence-corrected chi connectivity index (χ1v) is 8.68. The lowest BCUT2D eigenvalue weighted by molar-refractivity contribution is 0.175. The first-order valence-electron chi connectivity index (χ1n) is 8.68. The van der Waals surface area contributed by atoms with Gasteiger partial charge in [-0.25, -0.2) is 4.98 Å². The zero-order chi connectivity index (χ0) is 16.2. The number of rotatable bonds is 6. The second-order valence-electron chi connectivity index (χ2n) is 6.54. The third kappa shape index (κ3) is 3.65. The summed E-state index contributed by atoms with van der Waals surface area (Å²) in [6.07, 6.45) is 5.17. The number of likely N-dealkylation sites (N-methyl/N-ethyl adjacent to an activating group) is 1. The van der Waals surface area contributed by atoms with Crippen LogP contribution in [0.3, 0.4) is 0 Å². The Morgan fingerprint density at radius 1 is 1.30 bits per heavy atom. The van der Waals surface area contributed by atoms with Crippen molar-refractivity contribution < 1.29 is 0 Å². The summed E-state index contributed by atoms with van der Waals surface area (Å²) in [6, 6.07) is 12.0. The summed E-state index contributed by atoms with van der Waals surface area (Å²) in [5, 5.41) is 0. The minimum atomic E-state index is 0.494. The normalized spacial score (nSPS) is 20.3. The van der Waals surface area contributed by atoms with Gasteiger partial charge in [0.1, 0.15) is 5.82 Å². The number of aromatic nitrogens is 2. The minimum Gasteiger partial charge on any atom is -0.337 e. The number of imidazole rings is 1. The molecule has 0 amide bonds. The second-order valence-corrected chi connectivity index (χ2v) is 6.54. The van der Waals surface area contributed by atoms with Crippen molar-refractivity contribution in [1.82, 2.24) is 19.4 Å². The van der Waals surface area contributed by atoms with E-state index in [2.05, 4.69) is 70.6 Å². The van der Waals surface area contributed by atoms with Crippen molar-refractivity contribution in [3.8, 4) is 0 Å². The van der Waals surface area contributed by atoms with Crippen LogP contribution in [0.5, 0.6) is 0 Å². The van der Waals surface area contributed by atoms with Gasteiger partial charge in [0.15, 0.2) is 0 Å². The summed E-state index contributed by atoms with van der Waals surface area (Å²) in [4.78, 5) is 9.67. The Bertz CT molecular complexity index is 607. The molecular weight excluding hydrogens is 284 g/mol. The van der Waals surface area contributed by atoms with E-state index < -0.39 is 0 Å². The van der Waals surface area contributed by atoms with Gasteiger partial charge in [0.25, 0.3) is 0 Å². The van der Waals surface area contributed by atoms with Crippen LogP contribution in [-0.2, 0) is 13.6 Å². The van der Waals surface area contributed by atoms with Crippen molar-refractivity contribution in [1.29, 1.82) is 0 Å². The Balaban J connectivity index is 1.62. The molecule has 0 spiro atoms. The van der Waals surface area contributed by atoms with E-state index in [0.717, 1.165) is 25.5 Å². The third-order valence-electron chi connectivity index (χ3n) is 5.21. The van der Waals surface area contributed by atoms with Crippen LogP contribution in [0.1, 0.15) is 37.7 Å². The van der Waals surface area contributed by atoms with Crippen molar-refractivity contribution in [2.45, 2.75) is 38.9 Å². The Morgan fingerprint density at radius 3 is 2.74 bits per heavy atom. The molecule has 1 fully saturated rings. The molecule has 1 aromatic carbocycles. The zero-order valence-electron chi connectivity index (χ0n) is 14.5. The Kier molecular flexibility index (Phi) is 5.13. The molecule has 2 unspecified atom stereocenters. The van der Waals surface area contributed by atoms with Crippen LogP contribution >= 0.6 is 0 Å². The van der Waals surface area contributed by atoms with Gasteiger partial charge in [-0.1, -0.05) is 37.3 Å². The van der Waals surface area contributed by atoms with Gasteiger partial charge >= 0.3 is 0 Å². The van der Waals surface area contributed by atoms with E-state index in [-0.39, 0.29) is 0 Å². The van der Waals surface area contributed by atoms with Gasteiger partial charge in [-0.15, -0.1) is 0 Å². The lowest BCUT2D eigenvalue weighted by Gasteiger charge is -2.29. The molecule has 23 heavy (non-hydrogen) atoms. The molecular formula is C19H28N4. The number of likely N-dealkylation sites (tertiary alicyclic amines) is 1. The third-order valence-corrected chi connectivity index (χ3v) is 5.21. The summed E-state index contributed by atoms with van der Waals surface area (Å²) >= 11 is 0. The zero-order valence-corrected chi connectivity index (χ0v) is 14.5. The predicted molar refractivity (Wildman–Crippen MR) is 94.1 cm³/mol. The summed E-state index contributed by atoms with van der Waals surface area (Å²) in [7, 11) is 2.08. The van der Waals surface area contributed by atoms with Crippen LogP contribution in [0.25, 0.3) is 0 Å². The highest BCUT2D eigenvalue weighted by Gasteiger charge is 2.30. The maximum absolute atomic E-state index is 4.48. The predicted octanol–water partition coefficient (Wildman–Crippen LogP) is 3.08. The summed E-state index contributed by atoms with van der Waals surface area (Å²) in [6.45, 7) is 8.93. The molecule has 4 nitrogen and oxygen atoms in total. The summed E-state index contributed by atoms with van der Waals surface area (Å²) in [5.41, 5.74) is 1.42. The first kappa shape index (κ1) is 16.2. The maximum Gasteiger partial charge on any atom is 0.122 e. The van der Waals surface area contributed by atoms with Crippen LogP contribution in [0.2, 0.25) is 0 Å². The summed E-state index contributed by atoms with van der Waals surface area (Å²) < 4.78 is 2.13. The minimum absolute atomic E-state index is 0.494. The Hall–Kier alpha value is -1.65. The average molecular weight is 312 g/mol. The van der Waals surface area contributed by atoms with Crippen molar-refractivity contribution in [2.24, 2.45) is 7.05 Å². The van der Waals surface area contributed by atoms with E-state index in [1.165, 1.54) is 18.5 Å². The fourth-order valence-electron chi connectivity index (χ4n) is 3.59. The molecule has 124 valence electrons. The Labute approximate surface area is 139 Å². The van der Waals surface area contributed by atoms with E-state index >= 15 is 0 Å². The van der Waals surface area contributed by atoms with Crippen molar-refractivity contribution in [3.63, 3.8) is 0 Å². The largest absolute Gasteiger partial charge is 0.337 e. The summed E-state index contributed by atoms with van der Waals surface area (Å²) in [5.74, 6) is 1.15. The number of nitrogens with zero attached hydrogens (tertiary/aromatic N) is 4. The molecule has 2 aromatic rings. The SMILES string of the molecule is CCN(Cc1nccn1C)C1CCN(C(C)c2ccccc2)C1. The molecule has 0 N–H and O–H groups in total. The van der Waals surface area contributed by atoms with Gasteiger partial charge in [-0.05, 0) is 25.5 Å². The van der Waals surface area contributed by atoms with Crippen molar-refractivity contribution in [2.75, 3.05) is 19.6 Å². The number of hydrogen-bond donors (Lipinski definition) is 0. The molecule has 0 saturated carbocycles. The van der Waals surface area contributed by atoms with E-state index in [9.17, 15) is 0 Å². The molecule has 0 radical (unpaired) electrons. The highest BCUT2D eigenvalue weighted by atomic mass is 15.3. The van der Waals surface area contributed by atoms with Crippen LogP contribution < -0.4 is 0 Å². The average Bonchev–Trinajstić information content (AvgIpc) is 3.22. The van der Waals surface area contributed by atoms with Crippen LogP contribution in [0.15, 0.2) is 42.7 Å². The van der Waals surface area contributed by atoms with E-state index in [1.54, 1.807) is 0 Å². The van der Waals surface area contributed by atoms with E-state index in [4.69, 9.17) is 0 Å². The lowest BCUT2D eigenvalue weighted by atomic mass is 10.1. The molecule has 1 saturated heterocycles. The second kappa shape index (κ2) is 7.28. The molecule has 1 aliphatic rings. The lowest BCUT2D eigenvalue weighted by Crippen LogP contribution is -2.38. The number of hydrogen-bond acceptors (Lipinski definition) is 3. The maximum atomic E-state index is 4.48. The van der Waals surface area contributed by atoms with E-state index in [1.807, 2.05) is 12.4 Å². The molecule has 2 heterocycles. The van der Waals surface area contributed by atoms with Gasteiger partial charge in [0, 0.05) is 44.6 Å². The van der Waals surface area contributed by atoms with Crippen molar-refractivity contribution >= 4 is 0 Å². The fourth-order valence-corrected chi connectivity index (χ4v) is 3.59. The van der Waals surface area contributed by atoms with Gasteiger partial charge in [0.2, 0.25) is 0 Å². The number of benzene rings is 1. The van der Waals surface area contributed by atoms with Crippen LogP contribution in [-0.4, -0.2) is 45.0 Å². The monoisotopic (exact) mass is 312 g/mol. The quantitative estimate of drug-likeness (QED) is 0.819. The first-order chi connectivity index (χ1) is 11.2. The molecule has 1 aromatic heterocycles. The van der Waals surface area contributed by atoms with Crippen LogP contribution in [0, 0.1) is 0 Å². The van der Waals surface area contributed by atoms with Gasteiger partial charge < -0.3 is 4.57 Å². The smallest absolute Gasteiger partial charge is 0.122 e. The van der Waals surface area contributed by atoms with Gasteiger partial charge in [0.05, 0.1) is 6.54 Å². The fraction of sp³-hybridized carbons (Fsp3) is 0.526. The topological polar surface area (TPSA) is 24.3 Å². The molecule has 3 rings (SSSR count). The molecule has 2 atom stereocenters. The highest BCUT2D eigenvalue weighted by molar-refractivity contribution is 5.18. The van der Waals surface area contributed by atoms with Gasteiger partial charge in [-0.2, -0.15) is 0 Å². The number of aryl methyl sites for hydroxylation is 1. The van der Waals surface area contributed by atoms with Crippen molar-refractivity contribution in [3.05, 3.63) is 54.1 Å².